The molecule has 0 bridgehead atoms. The first-order chi connectivity index (χ1) is 20.9. The summed E-state index contributed by atoms with van der Waals surface area (Å²) in [4.78, 5) is 9.25. The van der Waals surface area contributed by atoms with Gasteiger partial charge in [0.1, 0.15) is 5.75 Å². The summed E-state index contributed by atoms with van der Waals surface area (Å²) in [6.07, 6.45) is 0. The van der Waals surface area contributed by atoms with Gasteiger partial charge in [-0.2, -0.15) is 4.98 Å². The van der Waals surface area contributed by atoms with E-state index >= 15 is 0 Å². The minimum absolute atomic E-state index is 0.0589. The van der Waals surface area contributed by atoms with Crippen LogP contribution in [0.2, 0.25) is 0 Å². The van der Waals surface area contributed by atoms with Crippen LogP contribution >= 0.6 is 0 Å². The highest BCUT2D eigenvalue weighted by Gasteiger charge is 2.34. The smallest absolute Gasteiger partial charge is 0.236 e. The summed E-state index contributed by atoms with van der Waals surface area (Å²) in [7, 11) is -3.94. The van der Waals surface area contributed by atoms with Crippen molar-refractivity contribution in [2.24, 2.45) is 0 Å². The van der Waals surface area contributed by atoms with Gasteiger partial charge in [0.15, 0.2) is 0 Å². The van der Waals surface area contributed by atoms with Gasteiger partial charge < -0.3 is 14.1 Å². The first-order valence-electron chi connectivity index (χ1n) is 14.6. The van der Waals surface area contributed by atoms with E-state index in [1.807, 2.05) is 55.1 Å². The number of rotatable bonds is 9. The molecule has 0 saturated carbocycles. The lowest BCUT2D eigenvalue weighted by Crippen LogP contribution is -2.48. The average Bonchev–Trinajstić information content (AvgIpc) is 3.50. The first-order valence-corrected chi connectivity index (χ1v) is 16.1. The van der Waals surface area contributed by atoms with E-state index < -0.39 is 9.84 Å². The van der Waals surface area contributed by atoms with Crippen molar-refractivity contribution in [3.8, 4) is 17.2 Å². The molecule has 1 saturated heterocycles. The largest absolute Gasteiger partial charge is 0.494 e. The molecule has 0 N–H and O–H groups in total. The van der Waals surface area contributed by atoms with E-state index in [-0.39, 0.29) is 27.7 Å². The third kappa shape index (κ3) is 6.07. The zero-order chi connectivity index (χ0) is 29.8. The molecule has 2 heterocycles. The summed E-state index contributed by atoms with van der Waals surface area (Å²) in [6.45, 7) is 7.03. The van der Waals surface area contributed by atoms with Crippen LogP contribution in [0, 0.1) is 6.92 Å². The minimum Gasteiger partial charge on any atom is -0.494 e. The molecule has 0 radical (unpaired) electrons. The van der Waals surface area contributed by atoms with Crippen molar-refractivity contribution in [2.45, 2.75) is 29.8 Å². The molecule has 0 spiro atoms. The molecule has 43 heavy (non-hydrogen) atoms. The Labute approximate surface area is 253 Å². The Bertz CT molecular complexity index is 1710. The molecule has 220 valence electrons. The number of benzene rings is 4. The third-order valence-electron chi connectivity index (χ3n) is 7.77. The van der Waals surface area contributed by atoms with E-state index in [1.54, 1.807) is 24.3 Å². The lowest BCUT2D eigenvalue weighted by atomic mass is 9.96. The molecule has 0 atom stereocenters. The van der Waals surface area contributed by atoms with Crippen molar-refractivity contribution in [1.29, 1.82) is 0 Å². The van der Waals surface area contributed by atoms with Gasteiger partial charge in [0.2, 0.25) is 26.6 Å². The van der Waals surface area contributed by atoms with E-state index in [9.17, 15) is 8.42 Å². The maximum atomic E-state index is 14.0. The third-order valence-corrected chi connectivity index (χ3v) is 9.44. The number of aromatic nitrogens is 1. The minimum atomic E-state index is -3.94. The number of ether oxygens (including phenoxy) is 1. The normalized spacial score (nSPS) is 14.3. The van der Waals surface area contributed by atoms with Gasteiger partial charge >= 0.3 is 0 Å². The Balaban J connectivity index is 1.33. The topological polar surface area (TPSA) is 75.9 Å². The maximum Gasteiger partial charge on any atom is 0.236 e. The summed E-state index contributed by atoms with van der Waals surface area (Å²) in [5, 5.41) is -0.0589. The number of hydrogen-bond acceptors (Lipinski definition) is 7. The zero-order valence-corrected chi connectivity index (χ0v) is 25.2. The molecular formula is C35H35N3O4S. The van der Waals surface area contributed by atoms with Crippen molar-refractivity contribution in [1.82, 2.24) is 9.88 Å². The second kappa shape index (κ2) is 12.5. The monoisotopic (exact) mass is 593 g/mol. The van der Waals surface area contributed by atoms with Gasteiger partial charge in [0.25, 0.3) is 0 Å². The predicted molar refractivity (Wildman–Crippen MR) is 168 cm³/mol. The number of sulfone groups is 1. The van der Waals surface area contributed by atoms with Crippen LogP contribution in [-0.2, 0) is 9.84 Å². The molecule has 8 heteroatoms. The fourth-order valence-corrected chi connectivity index (χ4v) is 6.88. The number of oxazole rings is 1. The maximum absolute atomic E-state index is 14.0. The van der Waals surface area contributed by atoms with Crippen molar-refractivity contribution in [3.63, 3.8) is 0 Å². The lowest BCUT2D eigenvalue weighted by molar-refractivity contribution is 0.209. The molecule has 1 aliphatic rings. The SMILES string of the molecule is CCOc1ccc(-c2nc(S(=O)(=O)c3ccc(C)cc3)c(N3CCN(C(c4ccccc4)c4ccccc4)CC3)o2)cc1. The molecule has 7 nitrogen and oxygen atoms in total. The average molecular weight is 594 g/mol. The Morgan fingerprint density at radius 2 is 1.37 bits per heavy atom. The van der Waals surface area contributed by atoms with Gasteiger partial charge in [-0.3, -0.25) is 4.90 Å². The first kappa shape index (κ1) is 28.7. The highest BCUT2D eigenvalue weighted by molar-refractivity contribution is 7.91. The summed E-state index contributed by atoms with van der Waals surface area (Å²) in [5.41, 5.74) is 4.11. The predicted octanol–water partition coefficient (Wildman–Crippen LogP) is 6.79. The van der Waals surface area contributed by atoms with Gasteiger partial charge in [-0.1, -0.05) is 78.4 Å². The fourth-order valence-electron chi connectivity index (χ4n) is 5.55. The Morgan fingerprint density at radius 3 is 1.93 bits per heavy atom. The molecule has 1 fully saturated rings. The Morgan fingerprint density at radius 1 is 0.791 bits per heavy atom. The zero-order valence-electron chi connectivity index (χ0n) is 24.4. The molecular weight excluding hydrogens is 558 g/mol. The summed E-state index contributed by atoms with van der Waals surface area (Å²) >= 11 is 0. The van der Waals surface area contributed by atoms with E-state index in [0.717, 1.165) is 24.4 Å². The number of piperazine rings is 1. The van der Waals surface area contributed by atoms with Crippen LogP contribution < -0.4 is 9.64 Å². The molecule has 1 aromatic heterocycles. The van der Waals surface area contributed by atoms with Crippen LogP contribution in [0.1, 0.15) is 29.7 Å². The van der Waals surface area contributed by atoms with Gasteiger partial charge in [-0.05, 0) is 61.4 Å². The van der Waals surface area contributed by atoms with E-state index in [0.29, 0.717) is 25.3 Å². The number of nitrogens with zero attached hydrogens (tertiary/aromatic N) is 3. The van der Waals surface area contributed by atoms with Crippen LogP contribution in [0.15, 0.2) is 124 Å². The van der Waals surface area contributed by atoms with E-state index in [4.69, 9.17) is 9.15 Å². The molecule has 6 rings (SSSR count). The molecule has 4 aromatic carbocycles. The van der Waals surface area contributed by atoms with Crippen LogP contribution in [0.3, 0.4) is 0 Å². The van der Waals surface area contributed by atoms with Crippen LogP contribution in [0.25, 0.3) is 11.5 Å². The Kier molecular flexibility index (Phi) is 8.31. The molecule has 0 aliphatic carbocycles. The van der Waals surface area contributed by atoms with Crippen LogP contribution in [0.5, 0.6) is 5.75 Å². The number of hydrogen-bond donors (Lipinski definition) is 0. The summed E-state index contributed by atoms with van der Waals surface area (Å²) in [5.74, 6) is 1.27. The van der Waals surface area contributed by atoms with E-state index in [1.165, 1.54) is 11.1 Å². The van der Waals surface area contributed by atoms with Gasteiger partial charge in [0.05, 0.1) is 17.5 Å². The molecule has 1 aliphatic heterocycles. The lowest BCUT2D eigenvalue weighted by Gasteiger charge is -2.39. The van der Waals surface area contributed by atoms with Crippen molar-refractivity contribution in [3.05, 3.63) is 126 Å². The molecule has 0 amide bonds. The highest BCUT2D eigenvalue weighted by atomic mass is 32.2. The van der Waals surface area contributed by atoms with Crippen LogP contribution in [0.4, 0.5) is 5.88 Å². The van der Waals surface area contributed by atoms with Gasteiger partial charge in [0, 0.05) is 31.7 Å². The van der Waals surface area contributed by atoms with Crippen molar-refractivity contribution in [2.75, 3.05) is 37.7 Å². The van der Waals surface area contributed by atoms with Crippen molar-refractivity contribution < 1.29 is 17.6 Å². The van der Waals surface area contributed by atoms with Crippen molar-refractivity contribution >= 4 is 15.7 Å². The second-order valence-corrected chi connectivity index (χ2v) is 12.5. The standard InChI is InChI=1S/C35H35N3O4S/c1-3-41-30-18-16-29(17-19-30)33-36-34(43(39,40)31-20-14-26(2)15-21-31)35(42-33)38-24-22-37(23-25-38)32(27-10-6-4-7-11-27)28-12-8-5-9-13-28/h4-21,32H,3,22-25H2,1-2H3. The molecule has 0 unspecified atom stereocenters. The highest BCUT2D eigenvalue weighted by Crippen LogP contribution is 2.37. The number of anilines is 1. The van der Waals surface area contributed by atoms with Gasteiger partial charge in [-0.25, -0.2) is 8.42 Å². The summed E-state index contributed by atoms with van der Waals surface area (Å²) in [6, 6.07) is 35.3. The fraction of sp³-hybridized carbons (Fsp3) is 0.229. The Hall–Kier alpha value is -4.40. The quantitative estimate of drug-likeness (QED) is 0.186. The second-order valence-electron chi connectivity index (χ2n) is 10.7. The van der Waals surface area contributed by atoms with Gasteiger partial charge in [-0.15, -0.1) is 0 Å². The summed E-state index contributed by atoms with van der Waals surface area (Å²) < 4.78 is 39.8. The molecule has 5 aromatic rings. The van der Waals surface area contributed by atoms with E-state index in [2.05, 4.69) is 58.4 Å². The number of aryl methyl sites for hydroxylation is 1. The van der Waals surface area contributed by atoms with Crippen LogP contribution in [-0.4, -0.2) is 51.1 Å².